The smallest absolute Gasteiger partial charge is 0.223 e. The lowest BCUT2D eigenvalue weighted by Gasteiger charge is -2.38. The highest BCUT2D eigenvalue weighted by molar-refractivity contribution is 5.85. The molecule has 3 rings (SSSR count). The van der Waals surface area contributed by atoms with Crippen LogP contribution in [0.4, 0.5) is 0 Å². The minimum Gasteiger partial charge on any atom is -0.369 e. The molecule has 3 N–H and O–H groups in total. The second kappa shape index (κ2) is 7.18. The molecule has 3 aliphatic heterocycles. The van der Waals surface area contributed by atoms with Crippen LogP contribution in [0.1, 0.15) is 51.9 Å². The van der Waals surface area contributed by atoms with Gasteiger partial charge in [-0.1, -0.05) is 0 Å². The fraction of sp³-hybridized carbons (Fsp3) is 0.875. The summed E-state index contributed by atoms with van der Waals surface area (Å²) in [6.07, 6.45) is 7.13. The van der Waals surface area contributed by atoms with Gasteiger partial charge in [0.1, 0.15) is 0 Å². The lowest BCUT2D eigenvalue weighted by Crippen LogP contribution is -2.49. The van der Waals surface area contributed by atoms with E-state index in [0.29, 0.717) is 31.0 Å². The molecule has 0 aromatic heterocycles. The summed E-state index contributed by atoms with van der Waals surface area (Å²) in [5, 5.41) is 3.62. The third-order valence-electron chi connectivity index (χ3n) is 5.64. The molecule has 6 heteroatoms. The van der Waals surface area contributed by atoms with Crippen LogP contribution in [0.15, 0.2) is 0 Å². The van der Waals surface area contributed by atoms with Crippen molar-refractivity contribution in [2.75, 3.05) is 6.54 Å². The van der Waals surface area contributed by atoms with Crippen molar-refractivity contribution in [3.05, 3.63) is 0 Å². The zero-order chi connectivity index (χ0) is 15.0. The number of hydrogen-bond donors (Lipinski definition) is 2. The van der Waals surface area contributed by atoms with Crippen LogP contribution in [0.25, 0.3) is 0 Å². The average Bonchev–Trinajstić information content (AvgIpc) is 2.78. The van der Waals surface area contributed by atoms with E-state index in [2.05, 4.69) is 12.2 Å². The molecule has 5 nitrogen and oxygen atoms in total. The molecule has 4 unspecified atom stereocenters. The van der Waals surface area contributed by atoms with Gasteiger partial charge in [0.05, 0.1) is 5.92 Å². The maximum atomic E-state index is 12.6. The van der Waals surface area contributed by atoms with Crippen LogP contribution in [0.2, 0.25) is 0 Å². The van der Waals surface area contributed by atoms with Gasteiger partial charge in [-0.15, -0.1) is 12.4 Å². The van der Waals surface area contributed by atoms with Gasteiger partial charge in [-0.05, 0) is 51.4 Å². The van der Waals surface area contributed by atoms with Crippen molar-refractivity contribution in [1.29, 1.82) is 0 Å². The van der Waals surface area contributed by atoms with Crippen LogP contribution >= 0.6 is 12.4 Å². The second-order valence-corrected chi connectivity index (χ2v) is 7.25. The minimum absolute atomic E-state index is 0. The van der Waals surface area contributed by atoms with E-state index in [-0.39, 0.29) is 36.2 Å². The Labute approximate surface area is 138 Å². The lowest BCUT2D eigenvalue weighted by molar-refractivity contribution is -0.138. The molecule has 0 radical (unpaired) electrons. The third kappa shape index (κ3) is 3.74. The number of nitrogens with two attached hydrogens (primary N) is 1. The Hall–Kier alpha value is -0.810. The molecule has 0 saturated carbocycles. The largest absolute Gasteiger partial charge is 0.369 e. The second-order valence-electron chi connectivity index (χ2n) is 7.25. The quantitative estimate of drug-likeness (QED) is 0.822. The van der Waals surface area contributed by atoms with Gasteiger partial charge in [0.25, 0.3) is 0 Å². The standard InChI is InChI=1S/C16H27N3O2.ClH/c1-10-2-3-12(16(17)21)9-19(10)15(20)8-11-6-13-4-5-14(7-11)18-13;/h10-14,18H,2-9H2,1H3,(H2,17,21);1H. The van der Waals surface area contributed by atoms with Gasteiger partial charge < -0.3 is 16.0 Å². The molecule has 0 aromatic carbocycles. The first kappa shape index (κ1) is 17.5. The van der Waals surface area contributed by atoms with Crippen molar-refractivity contribution in [1.82, 2.24) is 10.2 Å². The molecular weight excluding hydrogens is 302 g/mol. The molecule has 0 aliphatic carbocycles. The first-order valence-electron chi connectivity index (χ1n) is 8.37. The number of halogens is 1. The normalized spacial score (nSPS) is 37.5. The predicted molar refractivity (Wildman–Crippen MR) is 87.6 cm³/mol. The predicted octanol–water partition coefficient (Wildman–Crippen LogP) is 1.44. The molecule has 4 atom stereocenters. The first-order chi connectivity index (χ1) is 10.0. The highest BCUT2D eigenvalue weighted by atomic mass is 35.5. The van der Waals surface area contributed by atoms with E-state index >= 15 is 0 Å². The first-order valence-corrected chi connectivity index (χ1v) is 8.37. The van der Waals surface area contributed by atoms with E-state index in [0.717, 1.165) is 25.7 Å². The van der Waals surface area contributed by atoms with Gasteiger partial charge in [0.2, 0.25) is 11.8 Å². The van der Waals surface area contributed by atoms with Crippen molar-refractivity contribution >= 4 is 24.2 Å². The monoisotopic (exact) mass is 329 g/mol. The van der Waals surface area contributed by atoms with E-state index in [9.17, 15) is 9.59 Å². The summed E-state index contributed by atoms with van der Waals surface area (Å²) in [6, 6.07) is 1.49. The van der Waals surface area contributed by atoms with Gasteiger partial charge in [0.15, 0.2) is 0 Å². The van der Waals surface area contributed by atoms with Crippen molar-refractivity contribution in [2.45, 2.75) is 70.0 Å². The van der Waals surface area contributed by atoms with Gasteiger partial charge in [-0.25, -0.2) is 0 Å². The zero-order valence-electron chi connectivity index (χ0n) is 13.3. The fourth-order valence-electron chi connectivity index (χ4n) is 4.39. The van der Waals surface area contributed by atoms with Crippen LogP contribution in [-0.4, -0.2) is 41.4 Å². The van der Waals surface area contributed by atoms with Crippen LogP contribution in [0.3, 0.4) is 0 Å². The third-order valence-corrected chi connectivity index (χ3v) is 5.64. The van der Waals surface area contributed by atoms with Gasteiger partial charge in [-0.3, -0.25) is 9.59 Å². The molecule has 3 aliphatic rings. The van der Waals surface area contributed by atoms with Crippen molar-refractivity contribution in [2.24, 2.45) is 17.6 Å². The SMILES string of the molecule is CC1CCC(C(N)=O)CN1C(=O)CC1CC2CCC(C1)N2.Cl. The summed E-state index contributed by atoms with van der Waals surface area (Å²) in [5.74, 6) is 0.311. The number of nitrogens with zero attached hydrogens (tertiary/aromatic N) is 1. The van der Waals surface area contributed by atoms with Crippen molar-refractivity contribution in [3.8, 4) is 0 Å². The van der Waals surface area contributed by atoms with Gasteiger partial charge in [0, 0.05) is 31.1 Å². The Morgan fingerprint density at radius 3 is 2.36 bits per heavy atom. The van der Waals surface area contributed by atoms with Gasteiger partial charge in [-0.2, -0.15) is 0 Å². The maximum absolute atomic E-state index is 12.6. The molecule has 3 saturated heterocycles. The Bertz CT molecular complexity index is 420. The number of likely N-dealkylation sites (tertiary alicyclic amines) is 1. The molecule has 2 amide bonds. The number of carbonyl (C=O) groups is 2. The molecule has 2 bridgehead atoms. The van der Waals surface area contributed by atoms with Crippen LogP contribution in [0.5, 0.6) is 0 Å². The summed E-state index contributed by atoms with van der Waals surface area (Å²) < 4.78 is 0. The Morgan fingerprint density at radius 2 is 1.77 bits per heavy atom. The number of fused-ring (bicyclic) bond motifs is 2. The lowest BCUT2D eigenvalue weighted by atomic mass is 9.87. The van der Waals surface area contributed by atoms with E-state index in [1.54, 1.807) is 0 Å². The molecular formula is C16H28ClN3O2. The summed E-state index contributed by atoms with van der Waals surface area (Å²) in [7, 11) is 0. The van der Waals surface area contributed by atoms with Crippen LogP contribution in [0, 0.1) is 11.8 Å². The molecule has 3 fully saturated rings. The Morgan fingerprint density at radius 1 is 1.14 bits per heavy atom. The maximum Gasteiger partial charge on any atom is 0.223 e. The molecule has 0 spiro atoms. The van der Waals surface area contributed by atoms with E-state index < -0.39 is 0 Å². The van der Waals surface area contributed by atoms with E-state index in [4.69, 9.17) is 5.73 Å². The van der Waals surface area contributed by atoms with E-state index in [1.807, 2.05) is 4.90 Å². The topological polar surface area (TPSA) is 75.4 Å². The summed E-state index contributed by atoms with van der Waals surface area (Å²) in [6.45, 7) is 2.61. The number of amides is 2. The number of carbonyl (C=O) groups excluding carboxylic acids is 2. The summed E-state index contributed by atoms with van der Waals surface area (Å²) in [4.78, 5) is 25.9. The van der Waals surface area contributed by atoms with Crippen LogP contribution < -0.4 is 11.1 Å². The molecule has 126 valence electrons. The fourth-order valence-corrected chi connectivity index (χ4v) is 4.39. The van der Waals surface area contributed by atoms with Gasteiger partial charge >= 0.3 is 0 Å². The molecule has 0 aromatic rings. The number of primary amides is 1. The highest BCUT2D eigenvalue weighted by Gasteiger charge is 2.37. The highest BCUT2D eigenvalue weighted by Crippen LogP contribution is 2.33. The minimum atomic E-state index is -0.264. The average molecular weight is 330 g/mol. The zero-order valence-corrected chi connectivity index (χ0v) is 14.1. The van der Waals surface area contributed by atoms with Crippen molar-refractivity contribution < 1.29 is 9.59 Å². The van der Waals surface area contributed by atoms with Crippen LogP contribution in [-0.2, 0) is 9.59 Å². The number of piperidine rings is 2. The van der Waals surface area contributed by atoms with Crippen molar-refractivity contribution in [3.63, 3.8) is 0 Å². The summed E-state index contributed by atoms with van der Waals surface area (Å²) in [5.41, 5.74) is 5.42. The Balaban J connectivity index is 0.00000176. The Kier molecular flexibility index (Phi) is 5.72. The number of hydrogen-bond acceptors (Lipinski definition) is 3. The number of rotatable bonds is 3. The summed E-state index contributed by atoms with van der Waals surface area (Å²) >= 11 is 0. The number of nitrogens with one attached hydrogen (secondary N) is 1. The molecule has 3 heterocycles. The van der Waals surface area contributed by atoms with E-state index in [1.165, 1.54) is 12.8 Å². The molecule has 22 heavy (non-hydrogen) atoms.